The summed E-state index contributed by atoms with van der Waals surface area (Å²) in [5.41, 5.74) is 0. The lowest BCUT2D eigenvalue weighted by atomic mass is 10.1. The van der Waals surface area contributed by atoms with Gasteiger partial charge in [-0.25, -0.2) is 4.98 Å². The number of nitrogens with one attached hydrogen (secondary N) is 1. The van der Waals surface area contributed by atoms with Gasteiger partial charge in [-0.1, -0.05) is 6.92 Å². The van der Waals surface area contributed by atoms with E-state index in [4.69, 9.17) is 0 Å². The van der Waals surface area contributed by atoms with Gasteiger partial charge in [0.25, 0.3) is 0 Å². The zero-order valence-electron chi connectivity index (χ0n) is 12.2. The van der Waals surface area contributed by atoms with Crippen LogP contribution in [0.4, 0.5) is 0 Å². The lowest BCUT2D eigenvalue weighted by Crippen LogP contribution is -2.35. The molecule has 1 aliphatic carbocycles. The molecule has 2 aliphatic rings. The van der Waals surface area contributed by atoms with E-state index in [-0.39, 0.29) is 0 Å². The average molecular weight is 279 g/mol. The van der Waals surface area contributed by atoms with E-state index in [9.17, 15) is 0 Å². The van der Waals surface area contributed by atoms with E-state index >= 15 is 0 Å². The SMILES string of the molecule is CCc1cnc(C(C)NC2CC(C)N(C3CC3)C2)s1. The number of thiazole rings is 1. The normalized spacial score (nSPS) is 29.8. The Labute approximate surface area is 120 Å². The largest absolute Gasteiger partial charge is 0.304 e. The molecule has 106 valence electrons. The maximum absolute atomic E-state index is 4.56. The fourth-order valence-corrected chi connectivity index (χ4v) is 4.07. The molecule has 0 spiro atoms. The second kappa shape index (κ2) is 5.51. The Kier molecular flexibility index (Phi) is 3.92. The van der Waals surface area contributed by atoms with Crippen molar-refractivity contribution in [2.24, 2.45) is 0 Å². The van der Waals surface area contributed by atoms with Crippen LogP contribution in [0.3, 0.4) is 0 Å². The fraction of sp³-hybridized carbons (Fsp3) is 0.800. The summed E-state index contributed by atoms with van der Waals surface area (Å²) in [6.45, 7) is 8.05. The number of rotatable bonds is 5. The predicted octanol–water partition coefficient (Wildman–Crippen LogP) is 2.98. The molecule has 1 aromatic heterocycles. The first-order valence-electron chi connectivity index (χ1n) is 7.63. The van der Waals surface area contributed by atoms with Gasteiger partial charge in [0.05, 0.1) is 6.04 Å². The van der Waals surface area contributed by atoms with Gasteiger partial charge in [-0.05, 0) is 39.5 Å². The topological polar surface area (TPSA) is 28.2 Å². The minimum Gasteiger partial charge on any atom is -0.304 e. The van der Waals surface area contributed by atoms with Gasteiger partial charge in [0.2, 0.25) is 0 Å². The first-order chi connectivity index (χ1) is 9.17. The fourth-order valence-electron chi connectivity index (χ4n) is 3.20. The molecule has 1 aliphatic heterocycles. The molecule has 3 rings (SSSR count). The van der Waals surface area contributed by atoms with Crippen LogP contribution in [0.1, 0.15) is 56.0 Å². The monoisotopic (exact) mass is 279 g/mol. The highest BCUT2D eigenvalue weighted by Crippen LogP contribution is 2.34. The Balaban J connectivity index is 1.56. The number of hydrogen-bond donors (Lipinski definition) is 1. The molecular formula is C15H25N3S. The quantitative estimate of drug-likeness (QED) is 0.898. The smallest absolute Gasteiger partial charge is 0.109 e. The summed E-state index contributed by atoms with van der Waals surface area (Å²) in [4.78, 5) is 8.65. The highest BCUT2D eigenvalue weighted by atomic mass is 32.1. The summed E-state index contributed by atoms with van der Waals surface area (Å²) in [5.74, 6) is 0. The molecule has 0 bridgehead atoms. The van der Waals surface area contributed by atoms with Crippen molar-refractivity contribution in [1.29, 1.82) is 0 Å². The number of likely N-dealkylation sites (tertiary alicyclic amines) is 1. The van der Waals surface area contributed by atoms with Crippen molar-refractivity contribution in [2.45, 2.75) is 70.6 Å². The first kappa shape index (κ1) is 13.5. The van der Waals surface area contributed by atoms with Crippen LogP contribution in [-0.4, -0.2) is 34.6 Å². The van der Waals surface area contributed by atoms with Crippen molar-refractivity contribution in [1.82, 2.24) is 15.2 Å². The highest BCUT2D eigenvalue weighted by molar-refractivity contribution is 7.11. The number of hydrogen-bond acceptors (Lipinski definition) is 4. The molecule has 19 heavy (non-hydrogen) atoms. The second-order valence-electron chi connectivity index (χ2n) is 6.12. The van der Waals surface area contributed by atoms with Crippen molar-refractivity contribution in [2.75, 3.05) is 6.54 Å². The summed E-state index contributed by atoms with van der Waals surface area (Å²) < 4.78 is 0. The Hall–Kier alpha value is -0.450. The van der Waals surface area contributed by atoms with Gasteiger partial charge in [-0.2, -0.15) is 0 Å². The number of aryl methyl sites for hydroxylation is 1. The molecule has 1 saturated heterocycles. The molecule has 0 amide bonds. The van der Waals surface area contributed by atoms with E-state index in [0.717, 1.165) is 18.5 Å². The molecule has 2 fully saturated rings. The molecule has 2 heterocycles. The van der Waals surface area contributed by atoms with Crippen LogP contribution >= 0.6 is 11.3 Å². The van der Waals surface area contributed by atoms with Crippen LogP contribution in [0.15, 0.2) is 6.20 Å². The maximum atomic E-state index is 4.56. The molecule has 4 heteroatoms. The summed E-state index contributed by atoms with van der Waals surface area (Å²) in [6, 6.07) is 2.67. The minimum absolute atomic E-state index is 0.390. The Morgan fingerprint density at radius 3 is 2.95 bits per heavy atom. The Morgan fingerprint density at radius 1 is 1.53 bits per heavy atom. The van der Waals surface area contributed by atoms with Crippen molar-refractivity contribution in [3.8, 4) is 0 Å². The van der Waals surface area contributed by atoms with Crippen LogP contribution < -0.4 is 5.32 Å². The summed E-state index contributed by atoms with van der Waals surface area (Å²) in [5, 5.41) is 5.03. The molecular weight excluding hydrogens is 254 g/mol. The van der Waals surface area contributed by atoms with E-state index in [1.165, 1.54) is 35.7 Å². The standard InChI is InChI=1S/C15H25N3S/c1-4-14-8-16-15(19-14)11(3)17-12-7-10(2)18(9-12)13-5-6-13/h8,10-13,17H,4-7,9H2,1-3H3. The van der Waals surface area contributed by atoms with Gasteiger partial charge >= 0.3 is 0 Å². The van der Waals surface area contributed by atoms with Gasteiger partial charge in [0.15, 0.2) is 0 Å². The molecule has 1 N–H and O–H groups in total. The zero-order chi connectivity index (χ0) is 13.4. The summed E-state index contributed by atoms with van der Waals surface area (Å²) >= 11 is 1.86. The minimum atomic E-state index is 0.390. The Morgan fingerprint density at radius 2 is 2.32 bits per heavy atom. The molecule has 0 aromatic carbocycles. The third-order valence-electron chi connectivity index (χ3n) is 4.41. The van der Waals surface area contributed by atoms with Crippen LogP contribution in [0, 0.1) is 0 Å². The van der Waals surface area contributed by atoms with Crippen LogP contribution in [0.5, 0.6) is 0 Å². The Bertz CT molecular complexity index is 427. The second-order valence-corrected chi connectivity index (χ2v) is 7.26. The molecule has 1 aromatic rings. The van der Waals surface area contributed by atoms with Gasteiger partial charge < -0.3 is 5.32 Å². The third kappa shape index (κ3) is 3.01. The van der Waals surface area contributed by atoms with Gasteiger partial charge in [-0.15, -0.1) is 11.3 Å². The van der Waals surface area contributed by atoms with Crippen LogP contribution in [0.2, 0.25) is 0 Å². The molecule has 3 atom stereocenters. The molecule has 1 saturated carbocycles. The van der Waals surface area contributed by atoms with Crippen molar-refractivity contribution >= 4 is 11.3 Å². The van der Waals surface area contributed by atoms with Crippen molar-refractivity contribution < 1.29 is 0 Å². The predicted molar refractivity (Wildman–Crippen MR) is 80.6 cm³/mol. The summed E-state index contributed by atoms with van der Waals surface area (Å²) in [7, 11) is 0. The van der Waals surface area contributed by atoms with Gasteiger partial charge in [-0.3, -0.25) is 4.90 Å². The van der Waals surface area contributed by atoms with E-state index in [2.05, 4.69) is 36.0 Å². The average Bonchev–Trinajstić information content (AvgIpc) is 2.99. The van der Waals surface area contributed by atoms with Gasteiger partial charge in [0.1, 0.15) is 5.01 Å². The lowest BCUT2D eigenvalue weighted by molar-refractivity contribution is 0.254. The van der Waals surface area contributed by atoms with Crippen molar-refractivity contribution in [3.63, 3.8) is 0 Å². The van der Waals surface area contributed by atoms with Gasteiger partial charge in [0, 0.05) is 35.7 Å². The highest BCUT2D eigenvalue weighted by Gasteiger charge is 2.39. The van der Waals surface area contributed by atoms with E-state index in [0.29, 0.717) is 12.1 Å². The maximum Gasteiger partial charge on any atom is 0.109 e. The van der Waals surface area contributed by atoms with Crippen LogP contribution in [0.25, 0.3) is 0 Å². The third-order valence-corrected chi connectivity index (χ3v) is 5.74. The van der Waals surface area contributed by atoms with Crippen LogP contribution in [-0.2, 0) is 6.42 Å². The zero-order valence-corrected chi connectivity index (χ0v) is 13.0. The van der Waals surface area contributed by atoms with Crippen molar-refractivity contribution in [3.05, 3.63) is 16.1 Å². The first-order valence-corrected chi connectivity index (χ1v) is 8.45. The molecule has 0 radical (unpaired) electrons. The van der Waals surface area contributed by atoms with E-state index in [1.807, 2.05) is 17.5 Å². The summed E-state index contributed by atoms with van der Waals surface area (Å²) in [6.07, 6.45) is 7.25. The lowest BCUT2D eigenvalue weighted by Gasteiger charge is -2.20. The molecule has 3 unspecified atom stereocenters. The number of nitrogens with zero attached hydrogens (tertiary/aromatic N) is 2. The number of aromatic nitrogens is 1. The van der Waals surface area contributed by atoms with E-state index < -0.39 is 0 Å². The van der Waals surface area contributed by atoms with E-state index in [1.54, 1.807) is 0 Å². The molecule has 3 nitrogen and oxygen atoms in total.